The number of nitrogens with zero attached hydrogens (tertiary/aromatic N) is 2. The molecule has 0 aliphatic carbocycles. The van der Waals surface area contributed by atoms with Crippen LogP contribution in [0.2, 0.25) is 0 Å². The molecule has 0 radical (unpaired) electrons. The number of carbonyl (C=O) groups is 1. The molecule has 3 aliphatic heterocycles. The lowest BCUT2D eigenvalue weighted by Gasteiger charge is -2.27. The van der Waals surface area contributed by atoms with E-state index >= 15 is 0 Å². The third kappa shape index (κ3) is 8.36. The maximum atomic E-state index is 13.9. The smallest absolute Gasteiger partial charge is 0.407 e. The summed E-state index contributed by atoms with van der Waals surface area (Å²) < 4.78 is 62.9. The highest BCUT2D eigenvalue weighted by Gasteiger charge is 2.44. The van der Waals surface area contributed by atoms with Crippen LogP contribution >= 0.6 is 11.3 Å². The van der Waals surface area contributed by atoms with Gasteiger partial charge in [-0.3, -0.25) is 0 Å². The van der Waals surface area contributed by atoms with Crippen molar-refractivity contribution in [2.75, 3.05) is 33.1 Å². The van der Waals surface area contributed by atoms with Crippen molar-refractivity contribution >= 4 is 27.5 Å². The maximum absolute atomic E-state index is 13.9. The van der Waals surface area contributed by atoms with Crippen LogP contribution < -0.4 is 19.5 Å². The number of hydrogen-bond acceptors (Lipinski definition) is 11. The summed E-state index contributed by atoms with van der Waals surface area (Å²) in [4.78, 5) is 17.8. The standard InChI is InChI=1S/C33H41N3O9S2/c1-21(2)16-36(47(38,39)27-8-9-29-30(15-27)44-20-43-29)12-10-24(35-33(37)45-31-18-42-32-28(31)11-13-40-32)14-23-4-6-26(7-5-23)41-17-25-19-46-22(3)34-25/h4-9,15,19,21,24,28,31-32H,10-14,16-18,20H2,1-3H3,(H,35,37)/t24-,28+,31+,32-/m1/s1. The summed E-state index contributed by atoms with van der Waals surface area (Å²) in [5.41, 5.74) is 1.83. The van der Waals surface area contributed by atoms with Crippen LogP contribution in [-0.4, -0.2) is 75.3 Å². The molecule has 2 fully saturated rings. The summed E-state index contributed by atoms with van der Waals surface area (Å²) in [5.74, 6) is 1.70. The molecular weight excluding hydrogens is 647 g/mol. The molecule has 0 saturated carbocycles. The Morgan fingerprint density at radius 3 is 2.70 bits per heavy atom. The second-order valence-electron chi connectivity index (χ2n) is 12.4. The number of sulfonamides is 1. The maximum Gasteiger partial charge on any atom is 0.407 e. The van der Waals surface area contributed by atoms with Gasteiger partial charge in [0, 0.05) is 30.6 Å². The molecule has 1 amide bonds. The molecule has 2 aromatic carbocycles. The molecule has 4 heterocycles. The van der Waals surface area contributed by atoms with Crippen LogP contribution in [0.5, 0.6) is 17.2 Å². The zero-order valence-electron chi connectivity index (χ0n) is 26.8. The fourth-order valence-electron chi connectivity index (χ4n) is 5.95. The van der Waals surface area contributed by atoms with Gasteiger partial charge in [0.15, 0.2) is 17.8 Å². The van der Waals surface area contributed by atoms with Crippen molar-refractivity contribution in [1.82, 2.24) is 14.6 Å². The fraction of sp³-hybridized carbons (Fsp3) is 0.515. The molecule has 1 N–H and O–H groups in total. The topological polar surface area (TPSA) is 135 Å². The molecule has 2 saturated heterocycles. The summed E-state index contributed by atoms with van der Waals surface area (Å²) >= 11 is 1.58. The van der Waals surface area contributed by atoms with Gasteiger partial charge in [-0.05, 0) is 61.9 Å². The van der Waals surface area contributed by atoms with Gasteiger partial charge >= 0.3 is 6.09 Å². The number of alkyl carbamates (subject to hydrolysis) is 1. The van der Waals surface area contributed by atoms with Crippen molar-refractivity contribution in [3.63, 3.8) is 0 Å². The number of hydrogen-bond donors (Lipinski definition) is 1. The minimum absolute atomic E-state index is 0.00770. The van der Waals surface area contributed by atoms with Crippen LogP contribution in [-0.2, 0) is 37.3 Å². The average molecular weight is 688 g/mol. The zero-order chi connectivity index (χ0) is 33.0. The van der Waals surface area contributed by atoms with Crippen molar-refractivity contribution in [3.8, 4) is 17.2 Å². The predicted molar refractivity (Wildman–Crippen MR) is 173 cm³/mol. The summed E-state index contributed by atoms with van der Waals surface area (Å²) in [7, 11) is -3.87. The number of aromatic nitrogens is 1. The van der Waals surface area contributed by atoms with Crippen molar-refractivity contribution < 1.29 is 41.6 Å². The van der Waals surface area contributed by atoms with Crippen LogP contribution in [0.25, 0.3) is 0 Å². The lowest BCUT2D eigenvalue weighted by atomic mass is 10.0. The molecule has 0 unspecified atom stereocenters. The van der Waals surface area contributed by atoms with E-state index in [9.17, 15) is 13.2 Å². The Morgan fingerprint density at radius 2 is 1.94 bits per heavy atom. The third-order valence-electron chi connectivity index (χ3n) is 8.30. The van der Waals surface area contributed by atoms with E-state index in [1.54, 1.807) is 17.4 Å². The molecule has 6 rings (SSSR count). The second kappa shape index (κ2) is 14.8. The van der Waals surface area contributed by atoms with Gasteiger partial charge in [0.1, 0.15) is 18.5 Å². The van der Waals surface area contributed by atoms with Crippen LogP contribution in [0, 0.1) is 18.8 Å². The molecule has 3 aromatic rings. The Kier molecular flexibility index (Phi) is 10.5. The molecule has 1 aromatic heterocycles. The summed E-state index contributed by atoms with van der Waals surface area (Å²) in [6.07, 6.45) is 0.271. The first-order valence-electron chi connectivity index (χ1n) is 15.9. The van der Waals surface area contributed by atoms with E-state index in [-0.39, 0.29) is 43.0 Å². The van der Waals surface area contributed by atoms with Gasteiger partial charge in [0.2, 0.25) is 16.8 Å². The minimum atomic E-state index is -3.87. The molecule has 0 spiro atoms. The number of carbonyl (C=O) groups excluding carboxylic acids is 1. The summed E-state index contributed by atoms with van der Waals surface area (Å²) in [6, 6.07) is 11.9. The van der Waals surface area contributed by atoms with Crippen molar-refractivity contribution in [2.24, 2.45) is 11.8 Å². The Hall–Kier alpha value is -3.43. The zero-order valence-corrected chi connectivity index (χ0v) is 28.4. The number of aryl methyl sites for hydroxylation is 1. The van der Waals surface area contributed by atoms with E-state index in [1.165, 1.54) is 16.4 Å². The summed E-state index contributed by atoms with van der Waals surface area (Å²) in [5, 5.41) is 5.98. The Bertz CT molecular complexity index is 1630. The molecule has 12 nitrogen and oxygen atoms in total. The van der Waals surface area contributed by atoms with Gasteiger partial charge in [-0.25, -0.2) is 18.2 Å². The highest BCUT2D eigenvalue weighted by Crippen LogP contribution is 2.35. The number of rotatable bonds is 14. The van der Waals surface area contributed by atoms with Gasteiger partial charge in [0.05, 0.1) is 34.7 Å². The number of thiazole rings is 1. The minimum Gasteiger partial charge on any atom is -0.487 e. The van der Waals surface area contributed by atoms with Gasteiger partial charge in [-0.1, -0.05) is 26.0 Å². The second-order valence-corrected chi connectivity index (χ2v) is 15.4. The van der Waals surface area contributed by atoms with E-state index in [2.05, 4.69) is 10.3 Å². The normalized spacial score (nSPS) is 20.8. The number of ether oxygens (including phenoxy) is 6. The quantitative estimate of drug-likeness (QED) is 0.250. The van der Waals surface area contributed by atoms with Crippen molar-refractivity contribution in [1.29, 1.82) is 0 Å². The lowest BCUT2D eigenvalue weighted by molar-refractivity contribution is -0.0907. The predicted octanol–water partition coefficient (Wildman–Crippen LogP) is 4.89. The first-order chi connectivity index (χ1) is 22.6. The number of amides is 1. The molecular formula is C33H41N3O9S2. The first kappa shape index (κ1) is 33.5. The summed E-state index contributed by atoms with van der Waals surface area (Å²) in [6.45, 7) is 7.67. The van der Waals surface area contributed by atoms with Crippen LogP contribution in [0.1, 0.15) is 43.0 Å². The van der Waals surface area contributed by atoms with E-state index < -0.39 is 28.3 Å². The monoisotopic (exact) mass is 687 g/mol. The van der Waals surface area contributed by atoms with E-state index in [1.807, 2.05) is 50.4 Å². The fourth-order valence-corrected chi connectivity index (χ4v) is 8.18. The largest absolute Gasteiger partial charge is 0.487 e. The molecule has 254 valence electrons. The van der Waals surface area contributed by atoms with Crippen molar-refractivity contribution in [2.45, 2.75) is 70.0 Å². The van der Waals surface area contributed by atoms with E-state index in [0.29, 0.717) is 49.8 Å². The van der Waals surface area contributed by atoms with Gasteiger partial charge in [0.25, 0.3) is 0 Å². The van der Waals surface area contributed by atoms with Crippen LogP contribution in [0.15, 0.2) is 52.7 Å². The SMILES string of the molecule is Cc1nc(COc2ccc(C[C@@H](CCN(CC(C)C)S(=O)(=O)c3ccc4c(c3)OCO4)NC(=O)O[C@H]3CO[C@H]4OCC[C@H]43)cc2)cs1. The number of nitrogens with one attached hydrogen (secondary N) is 1. The van der Waals surface area contributed by atoms with Gasteiger partial charge in [-0.2, -0.15) is 4.31 Å². The van der Waals surface area contributed by atoms with E-state index in [0.717, 1.165) is 22.7 Å². The lowest BCUT2D eigenvalue weighted by Crippen LogP contribution is -2.43. The van der Waals surface area contributed by atoms with E-state index in [4.69, 9.17) is 28.4 Å². The number of benzene rings is 2. The van der Waals surface area contributed by atoms with Crippen LogP contribution in [0.3, 0.4) is 0 Å². The van der Waals surface area contributed by atoms with Gasteiger partial charge < -0.3 is 33.7 Å². The molecule has 47 heavy (non-hydrogen) atoms. The van der Waals surface area contributed by atoms with Crippen molar-refractivity contribution in [3.05, 3.63) is 64.1 Å². The molecule has 3 aliphatic rings. The molecule has 4 atom stereocenters. The third-order valence-corrected chi connectivity index (χ3v) is 11.0. The Morgan fingerprint density at radius 1 is 1.13 bits per heavy atom. The highest BCUT2D eigenvalue weighted by atomic mass is 32.2. The first-order valence-corrected chi connectivity index (χ1v) is 18.2. The Labute approximate surface area is 279 Å². The highest BCUT2D eigenvalue weighted by molar-refractivity contribution is 7.89. The number of fused-ring (bicyclic) bond motifs is 2. The molecule has 0 bridgehead atoms. The molecule has 14 heteroatoms. The average Bonchev–Trinajstić information content (AvgIpc) is 3.85. The van der Waals surface area contributed by atoms with Crippen LogP contribution in [0.4, 0.5) is 4.79 Å². The Balaban J connectivity index is 1.15. The van der Waals surface area contributed by atoms with Gasteiger partial charge in [-0.15, -0.1) is 11.3 Å².